The summed E-state index contributed by atoms with van der Waals surface area (Å²) in [7, 11) is 0. The number of aliphatic hydroxyl groups excluding tert-OH is 1. The van der Waals surface area contributed by atoms with Crippen LogP contribution >= 0.6 is 0 Å². The van der Waals surface area contributed by atoms with Crippen molar-refractivity contribution in [1.29, 1.82) is 0 Å². The van der Waals surface area contributed by atoms with Crippen LogP contribution in [0.2, 0.25) is 0 Å². The fraction of sp³-hybridized carbons (Fsp3) is 0.615. The molecule has 1 aromatic heterocycles. The third kappa shape index (κ3) is 4.31. The highest BCUT2D eigenvalue weighted by molar-refractivity contribution is 5.93. The predicted molar refractivity (Wildman–Crippen MR) is 68.3 cm³/mol. The van der Waals surface area contributed by atoms with E-state index in [1.54, 1.807) is 6.07 Å². The number of halogens is 2. The molecule has 2 N–H and O–H groups in total. The molecule has 0 spiro atoms. The van der Waals surface area contributed by atoms with Crippen LogP contribution < -0.4 is 5.32 Å². The maximum Gasteiger partial charge on any atom is 0.268 e. The zero-order valence-corrected chi connectivity index (χ0v) is 11.2. The summed E-state index contributed by atoms with van der Waals surface area (Å²) in [5.74, 6) is -0.400. The van der Waals surface area contributed by atoms with Gasteiger partial charge in [0.2, 0.25) is 0 Å². The second kappa shape index (κ2) is 6.65. The molecule has 1 unspecified atom stereocenters. The lowest BCUT2D eigenvalue weighted by atomic mass is 9.95. The zero-order chi connectivity index (χ0) is 14.5. The number of amides is 1. The van der Waals surface area contributed by atoms with Crippen molar-refractivity contribution in [3.05, 3.63) is 24.0 Å². The Morgan fingerprint density at radius 1 is 1.58 bits per heavy atom. The number of carbonyl (C=O) groups is 1. The molecule has 4 nitrogen and oxygen atoms in total. The Morgan fingerprint density at radius 2 is 2.26 bits per heavy atom. The van der Waals surface area contributed by atoms with Crippen molar-refractivity contribution < 1.29 is 18.7 Å². The number of rotatable bonds is 7. The fourth-order valence-corrected chi connectivity index (χ4v) is 1.84. The lowest BCUT2D eigenvalue weighted by Gasteiger charge is -2.29. The van der Waals surface area contributed by atoms with Crippen molar-refractivity contribution >= 4 is 5.91 Å². The van der Waals surface area contributed by atoms with E-state index in [0.717, 1.165) is 0 Å². The van der Waals surface area contributed by atoms with Crippen molar-refractivity contribution in [2.75, 3.05) is 6.61 Å². The molecule has 0 saturated carbocycles. The lowest BCUT2D eigenvalue weighted by Crippen LogP contribution is -2.46. The Bertz CT molecular complexity index is 421. The summed E-state index contributed by atoms with van der Waals surface area (Å²) in [6.07, 6.45) is 0.0183. The van der Waals surface area contributed by atoms with Crippen LogP contribution in [-0.2, 0) is 6.54 Å². The van der Waals surface area contributed by atoms with Gasteiger partial charge in [-0.3, -0.25) is 4.79 Å². The van der Waals surface area contributed by atoms with Crippen LogP contribution in [0.5, 0.6) is 0 Å². The molecule has 1 atom stereocenters. The van der Waals surface area contributed by atoms with Crippen molar-refractivity contribution in [2.24, 2.45) is 0 Å². The number of hydrogen-bond donors (Lipinski definition) is 2. The molecular formula is C13H20F2N2O2. The van der Waals surface area contributed by atoms with Gasteiger partial charge in [-0.2, -0.15) is 0 Å². The van der Waals surface area contributed by atoms with E-state index in [2.05, 4.69) is 5.32 Å². The molecule has 0 aliphatic heterocycles. The number of alkyl halides is 2. The molecule has 1 rings (SSSR count). The molecule has 0 bridgehead atoms. The van der Waals surface area contributed by atoms with Gasteiger partial charge in [0.05, 0.1) is 6.54 Å². The third-order valence-electron chi connectivity index (χ3n) is 3.26. The average molecular weight is 274 g/mol. The second-order valence-corrected chi connectivity index (χ2v) is 4.78. The SMILES string of the molecule is CCC(C)(CCO)NC(=O)c1cccn1CC(F)F. The molecule has 0 radical (unpaired) electrons. The number of aliphatic hydroxyl groups is 1. The first-order chi connectivity index (χ1) is 8.91. The van der Waals surface area contributed by atoms with Gasteiger partial charge < -0.3 is 15.0 Å². The van der Waals surface area contributed by atoms with Crippen LogP contribution in [-0.4, -0.2) is 34.2 Å². The van der Waals surface area contributed by atoms with E-state index in [9.17, 15) is 13.6 Å². The average Bonchev–Trinajstić information content (AvgIpc) is 2.76. The van der Waals surface area contributed by atoms with Gasteiger partial charge in [-0.25, -0.2) is 8.78 Å². The van der Waals surface area contributed by atoms with E-state index in [4.69, 9.17) is 5.11 Å². The topological polar surface area (TPSA) is 54.3 Å². The number of hydrogen-bond acceptors (Lipinski definition) is 2. The number of nitrogens with zero attached hydrogens (tertiary/aromatic N) is 1. The van der Waals surface area contributed by atoms with E-state index < -0.39 is 24.4 Å². The number of aromatic nitrogens is 1. The highest BCUT2D eigenvalue weighted by atomic mass is 19.3. The highest BCUT2D eigenvalue weighted by Gasteiger charge is 2.25. The van der Waals surface area contributed by atoms with Crippen LogP contribution in [0.15, 0.2) is 18.3 Å². The Kier molecular flexibility index (Phi) is 5.47. The smallest absolute Gasteiger partial charge is 0.268 e. The highest BCUT2D eigenvalue weighted by Crippen LogP contribution is 2.15. The molecule has 1 heterocycles. The second-order valence-electron chi connectivity index (χ2n) is 4.78. The molecule has 19 heavy (non-hydrogen) atoms. The lowest BCUT2D eigenvalue weighted by molar-refractivity contribution is 0.0865. The summed E-state index contributed by atoms with van der Waals surface area (Å²) in [5, 5.41) is 11.8. The van der Waals surface area contributed by atoms with Gasteiger partial charge >= 0.3 is 0 Å². The molecule has 1 amide bonds. The fourth-order valence-electron chi connectivity index (χ4n) is 1.84. The molecule has 108 valence electrons. The van der Waals surface area contributed by atoms with Crippen LogP contribution in [0.3, 0.4) is 0 Å². The summed E-state index contributed by atoms with van der Waals surface area (Å²) in [5.41, 5.74) is -0.330. The summed E-state index contributed by atoms with van der Waals surface area (Å²) in [6, 6.07) is 3.07. The molecular weight excluding hydrogens is 254 g/mol. The molecule has 1 aromatic rings. The van der Waals surface area contributed by atoms with E-state index in [-0.39, 0.29) is 12.3 Å². The predicted octanol–water partition coefficient (Wildman–Crippen LogP) is 2.03. The van der Waals surface area contributed by atoms with Crippen molar-refractivity contribution in [3.63, 3.8) is 0 Å². The van der Waals surface area contributed by atoms with E-state index in [1.165, 1.54) is 16.8 Å². The van der Waals surface area contributed by atoms with Gasteiger partial charge in [0, 0.05) is 18.3 Å². The van der Waals surface area contributed by atoms with Crippen LogP contribution in [0.1, 0.15) is 37.2 Å². The largest absolute Gasteiger partial charge is 0.396 e. The maximum absolute atomic E-state index is 12.4. The summed E-state index contributed by atoms with van der Waals surface area (Å²) < 4.78 is 26.0. The number of nitrogens with one attached hydrogen (secondary N) is 1. The molecule has 6 heteroatoms. The molecule has 0 aliphatic rings. The number of carbonyl (C=O) groups excluding carboxylic acids is 1. The molecule has 0 saturated heterocycles. The minimum atomic E-state index is -2.51. The zero-order valence-electron chi connectivity index (χ0n) is 11.2. The molecule has 0 fully saturated rings. The Labute approximate surface area is 111 Å². The van der Waals surface area contributed by atoms with Crippen molar-refractivity contribution in [3.8, 4) is 0 Å². The first kappa shape index (κ1) is 15.6. The Balaban J connectivity index is 2.80. The van der Waals surface area contributed by atoms with Gasteiger partial charge in [-0.1, -0.05) is 6.92 Å². The van der Waals surface area contributed by atoms with Gasteiger partial charge in [0.1, 0.15) is 5.69 Å². The van der Waals surface area contributed by atoms with Crippen molar-refractivity contribution in [2.45, 2.75) is 45.2 Å². The van der Waals surface area contributed by atoms with Crippen LogP contribution in [0.4, 0.5) is 8.78 Å². The van der Waals surface area contributed by atoms with Crippen molar-refractivity contribution in [1.82, 2.24) is 9.88 Å². The Hall–Kier alpha value is -1.43. The Morgan fingerprint density at radius 3 is 2.79 bits per heavy atom. The standard InChI is InChI=1S/C13H20F2N2O2/c1-3-13(2,6-8-18)16-12(19)10-5-4-7-17(10)9-11(14)15/h4-5,7,11,18H,3,6,8-9H2,1-2H3,(H,16,19). The summed E-state index contributed by atoms with van der Waals surface area (Å²) in [6.45, 7) is 3.18. The minimum Gasteiger partial charge on any atom is -0.396 e. The quantitative estimate of drug-likeness (QED) is 0.799. The van der Waals surface area contributed by atoms with Gasteiger partial charge in [0.25, 0.3) is 12.3 Å². The van der Waals surface area contributed by atoms with Crippen LogP contribution in [0.25, 0.3) is 0 Å². The van der Waals surface area contributed by atoms with E-state index in [1.807, 2.05) is 13.8 Å². The monoisotopic (exact) mass is 274 g/mol. The van der Waals surface area contributed by atoms with E-state index in [0.29, 0.717) is 12.8 Å². The third-order valence-corrected chi connectivity index (χ3v) is 3.26. The molecule has 0 aliphatic carbocycles. The normalized spacial score (nSPS) is 14.4. The molecule has 0 aromatic carbocycles. The van der Waals surface area contributed by atoms with Crippen LogP contribution in [0, 0.1) is 0 Å². The first-order valence-electron chi connectivity index (χ1n) is 6.28. The van der Waals surface area contributed by atoms with Gasteiger partial charge in [-0.05, 0) is 31.9 Å². The van der Waals surface area contributed by atoms with Gasteiger partial charge in [-0.15, -0.1) is 0 Å². The first-order valence-corrected chi connectivity index (χ1v) is 6.28. The van der Waals surface area contributed by atoms with Gasteiger partial charge in [0.15, 0.2) is 0 Å². The van der Waals surface area contributed by atoms with E-state index >= 15 is 0 Å². The minimum absolute atomic E-state index is 0.0390. The maximum atomic E-state index is 12.4. The summed E-state index contributed by atoms with van der Waals surface area (Å²) >= 11 is 0. The summed E-state index contributed by atoms with van der Waals surface area (Å²) in [4.78, 5) is 12.1.